The Hall–Kier alpha value is -0.470. The molecule has 3 N–H and O–H groups in total. The van der Waals surface area contributed by atoms with Crippen molar-refractivity contribution >= 4 is 21.4 Å². The number of hydrogen-bond acceptors (Lipinski definition) is 5. The molecule has 114 valence electrons. The minimum Gasteiger partial charge on any atom is -0.326 e. The maximum Gasteiger partial charge on any atom is 0.241 e. The number of hydrogen-bond donors (Lipinski definition) is 2. The van der Waals surface area contributed by atoms with Crippen LogP contribution in [0.1, 0.15) is 30.6 Å². The number of thiophene rings is 1. The van der Waals surface area contributed by atoms with Crippen molar-refractivity contribution in [3.8, 4) is 0 Å². The third-order valence-electron chi connectivity index (χ3n) is 3.85. The normalized spacial score (nSPS) is 17.1. The molecule has 1 aromatic heterocycles. The summed E-state index contributed by atoms with van der Waals surface area (Å²) >= 11 is 1.38. The molecule has 5 nitrogen and oxygen atoms in total. The molecule has 0 radical (unpaired) electrons. The Morgan fingerprint density at radius 2 is 2.15 bits per heavy atom. The fraction of sp³-hybridized carbons (Fsp3) is 0.692. The van der Waals surface area contributed by atoms with Crippen molar-refractivity contribution in [2.75, 3.05) is 20.1 Å². The molecule has 7 heteroatoms. The summed E-state index contributed by atoms with van der Waals surface area (Å²) in [4.78, 5) is 3.47. The molecule has 1 aliphatic carbocycles. The van der Waals surface area contributed by atoms with Crippen molar-refractivity contribution in [2.45, 2.75) is 43.2 Å². The predicted octanol–water partition coefficient (Wildman–Crippen LogP) is 1.36. The summed E-state index contributed by atoms with van der Waals surface area (Å²) in [6, 6.07) is 2.26. The lowest BCUT2D eigenvalue weighted by Gasteiger charge is -2.23. The second-order valence-electron chi connectivity index (χ2n) is 5.27. The van der Waals surface area contributed by atoms with Gasteiger partial charge >= 0.3 is 0 Å². The molecule has 2 rings (SSSR count). The van der Waals surface area contributed by atoms with Gasteiger partial charge in [0.1, 0.15) is 0 Å². The molecular formula is C13H23N3O2S2. The van der Waals surface area contributed by atoms with E-state index in [9.17, 15) is 8.42 Å². The average Bonchev–Trinajstić information content (AvgIpc) is 3.10. The van der Waals surface area contributed by atoms with Crippen LogP contribution in [-0.2, 0) is 16.6 Å². The second-order valence-corrected chi connectivity index (χ2v) is 8.03. The van der Waals surface area contributed by atoms with E-state index in [0.717, 1.165) is 11.4 Å². The van der Waals surface area contributed by atoms with Crippen LogP contribution >= 0.6 is 11.3 Å². The first-order chi connectivity index (χ1) is 9.53. The summed E-state index contributed by atoms with van der Waals surface area (Å²) in [6.45, 7) is 1.57. The summed E-state index contributed by atoms with van der Waals surface area (Å²) in [5, 5.41) is 1.64. The lowest BCUT2D eigenvalue weighted by molar-refractivity contribution is 0.250. The highest BCUT2D eigenvalue weighted by Crippen LogP contribution is 2.22. The van der Waals surface area contributed by atoms with Crippen molar-refractivity contribution in [3.63, 3.8) is 0 Å². The molecule has 0 amide bonds. The first kappa shape index (κ1) is 15.9. The van der Waals surface area contributed by atoms with Gasteiger partial charge in [0.05, 0.1) is 4.90 Å². The van der Waals surface area contributed by atoms with Crippen molar-refractivity contribution in [2.24, 2.45) is 5.73 Å². The molecule has 0 aromatic carbocycles. The molecule has 1 fully saturated rings. The fourth-order valence-electron chi connectivity index (χ4n) is 2.58. The average molecular weight is 317 g/mol. The van der Waals surface area contributed by atoms with E-state index in [0.29, 0.717) is 24.0 Å². The maximum absolute atomic E-state index is 12.1. The number of nitrogens with one attached hydrogen (secondary N) is 1. The number of likely N-dealkylation sites (N-methyl/N-ethyl adjacent to an activating group) is 1. The summed E-state index contributed by atoms with van der Waals surface area (Å²) in [7, 11) is -1.32. The van der Waals surface area contributed by atoms with Crippen LogP contribution in [0.15, 0.2) is 16.3 Å². The standard InChI is InChI=1S/C13H23N3O2S2/c1-16(11-4-2-3-5-11)7-6-15-20(17,18)13-8-12(9-14)19-10-13/h8,10-11,15H,2-7,9,14H2,1H3. The SMILES string of the molecule is CN(CCNS(=O)(=O)c1csc(CN)c1)C1CCCC1. The van der Waals surface area contributed by atoms with Crippen LogP contribution in [0.5, 0.6) is 0 Å². The number of nitrogens with two attached hydrogens (primary N) is 1. The fourth-order valence-corrected chi connectivity index (χ4v) is 4.75. The van der Waals surface area contributed by atoms with Crippen LogP contribution in [0.2, 0.25) is 0 Å². The van der Waals surface area contributed by atoms with Gasteiger partial charge in [-0.25, -0.2) is 13.1 Å². The Labute approximate surface area is 125 Å². The summed E-state index contributed by atoms with van der Waals surface area (Å²) in [6.07, 6.45) is 5.04. The minimum absolute atomic E-state index is 0.325. The van der Waals surface area contributed by atoms with Gasteiger partial charge in [-0.05, 0) is 26.0 Å². The van der Waals surface area contributed by atoms with Crippen LogP contribution in [0.25, 0.3) is 0 Å². The van der Waals surface area contributed by atoms with Gasteiger partial charge in [-0.1, -0.05) is 12.8 Å². The molecule has 0 unspecified atom stereocenters. The molecule has 0 aliphatic heterocycles. The van der Waals surface area contributed by atoms with Crippen molar-refractivity contribution in [3.05, 3.63) is 16.3 Å². The van der Waals surface area contributed by atoms with Crippen molar-refractivity contribution in [1.82, 2.24) is 9.62 Å². The predicted molar refractivity (Wildman–Crippen MR) is 82.3 cm³/mol. The van der Waals surface area contributed by atoms with E-state index < -0.39 is 10.0 Å². The molecule has 20 heavy (non-hydrogen) atoms. The zero-order valence-corrected chi connectivity index (χ0v) is 13.5. The van der Waals surface area contributed by atoms with E-state index in [4.69, 9.17) is 5.73 Å². The first-order valence-electron chi connectivity index (χ1n) is 7.00. The maximum atomic E-state index is 12.1. The smallest absolute Gasteiger partial charge is 0.241 e. The van der Waals surface area contributed by atoms with E-state index in [1.165, 1.54) is 37.0 Å². The summed E-state index contributed by atoms with van der Waals surface area (Å²) < 4.78 is 26.9. The van der Waals surface area contributed by atoms with E-state index in [2.05, 4.69) is 16.7 Å². The lowest BCUT2D eigenvalue weighted by Crippen LogP contribution is -2.37. The Morgan fingerprint density at radius 1 is 1.45 bits per heavy atom. The van der Waals surface area contributed by atoms with Gasteiger partial charge in [0.2, 0.25) is 10.0 Å². The van der Waals surface area contributed by atoms with Gasteiger partial charge in [0, 0.05) is 35.9 Å². The Kier molecular flexibility index (Phi) is 5.57. The van der Waals surface area contributed by atoms with Gasteiger partial charge in [0.15, 0.2) is 0 Å². The molecule has 1 heterocycles. The topological polar surface area (TPSA) is 75.4 Å². The van der Waals surface area contributed by atoms with Gasteiger partial charge in [0.25, 0.3) is 0 Å². The van der Waals surface area contributed by atoms with E-state index in [-0.39, 0.29) is 0 Å². The highest BCUT2D eigenvalue weighted by Gasteiger charge is 2.20. The Bertz CT molecular complexity index is 521. The molecule has 0 spiro atoms. The minimum atomic E-state index is -3.39. The molecule has 0 bridgehead atoms. The van der Waals surface area contributed by atoms with Crippen LogP contribution in [0.4, 0.5) is 0 Å². The van der Waals surface area contributed by atoms with Gasteiger partial charge in [-0.2, -0.15) is 0 Å². The zero-order valence-electron chi connectivity index (χ0n) is 11.8. The molecule has 1 aliphatic rings. The monoisotopic (exact) mass is 317 g/mol. The molecule has 0 saturated heterocycles. The van der Waals surface area contributed by atoms with E-state index in [1.807, 2.05) is 0 Å². The molecular weight excluding hydrogens is 294 g/mol. The summed E-state index contributed by atoms with van der Waals surface area (Å²) in [5.41, 5.74) is 5.50. The van der Waals surface area contributed by atoms with Crippen molar-refractivity contribution < 1.29 is 8.42 Å². The quantitative estimate of drug-likeness (QED) is 0.796. The van der Waals surface area contributed by atoms with Crippen LogP contribution in [0, 0.1) is 0 Å². The number of nitrogens with zero attached hydrogens (tertiary/aromatic N) is 1. The third kappa shape index (κ3) is 4.02. The second kappa shape index (κ2) is 7.00. The van der Waals surface area contributed by atoms with E-state index in [1.54, 1.807) is 11.4 Å². The zero-order chi connectivity index (χ0) is 14.6. The van der Waals surface area contributed by atoms with Gasteiger partial charge < -0.3 is 10.6 Å². The number of sulfonamides is 1. The van der Waals surface area contributed by atoms with Crippen molar-refractivity contribution in [1.29, 1.82) is 0 Å². The highest BCUT2D eigenvalue weighted by atomic mass is 32.2. The van der Waals surface area contributed by atoms with E-state index >= 15 is 0 Å². The molecule has 1 aromatic rings. The van der Waals surface area contributed by atoms with Gasteiger partial charge in [-0.3, -0.25) is 0 Å². The van der Waals surface area contributed by atoms with Crippen LogP contribution < -0.4 is 10.5 Å². The molecule has 0 atom stereocenters. The highest BCUT2D eigenvalue weighted by molar-refractivity contribution is 7.89. The lowest BCUT2D eigenvalue weighted by atomic mass is 10.2. The third-order valence-corrected chi connectivity index (χ3v) is 6.39. The Morgan fingerprint density at radius 3 is 2.75 bits per heavy atom. The van der Waals surface area contributed by atoms with Gasteiger partial charge in [-0.15, -0.1) is 11.3 Å². The first-order valence-corrected chi connectivity index (χ1v) is 9.36. The van der Waals surface area contributed by atoms with Crippen LogP contribution in [0.3, 0.4) is 0 Å². The number of rotatable bonds is 7. The largest absolute Gasteiger partial charge is 0.326 e. The summed E-state index contributed by atoms with van der Waals surface area (Å²) in [5.74, 6) is 0. The Balaban J connectivity index is 1.83. The molecule has 1 saturated carbocycles. The van der Waals surface area contributed by atoms with Crippen LogP contribution in [-0.4, -0.2) is 39.5 Å².